The molecule has 0 saturated carbocycles. The number of anilines is 1. The average Bonchev–Trinajstić information content (AvgIpc) is 3.19. The number of ether oxygens (including phenoxy) is 3. The maximum Gasteiger partial charge on any atom is 0.331 e. The highest BCUT2D eigenvalue weighted by Crippen LogP contribution is 2.29. The Bertz CT molecular complexity index is 935. The summed E-state index contributed by atoms with van der Waals surface area (Å²) in [6, 6.07) is 13.0. The molecule has 2 aromatic carbocycles. The lowest BCUT2D eigenvalue weighted by Crippen LogP contribution is -2.33. The lowest BCUT2D eigenvalue weighted by Gasteiger charge is -2.16. The number of para-hydroxylation sites is 1. The van der Waals surface area contributed by atoms with Crippen LogP contribution in [0.25, 0.3) is 6.08 Å². The van der Waals surface area contributed by atoms with E-state index in [1.807, 2.05) is 24.3 Å². The number of rotatable bonds is 8. The fourth-order valence-electron chi connectivity index (χ4n) is 3.08. The van der Waals surface area contributed by atoms with Crippen LogP contribution in [0, 0.1) is 0 Å². The number of esters is 1. The second-order valence-electron chi connectivity index (χ2n) is 6.38. The summed E-state index contributed by atoms with van der Waals surface area (Å²) >= 11 is 0. The van der Waals surface area contributed by atoms with Crippen molar-refractivity contribution >= 4 is 23.6 Å². The predicted molar refractivity (Wildman–Crippen MR) is 111 cm³/mol. The number of hydrogen-bond donors (Lipinski definition) is 0. The average molecular weight is 393 g/mol. The summed E-state index contributed by atoms with van der Waals surface area (Å²) < 4.78 is 15.9. The number of fused-ring (bicyclic) bond motifs is 1. The Kier molecular flexibility index (Phi) is 6.68. The van der Waals surface area contributed by atoms with Gasteiger partial charge >= 0.3 is 5.97 Å². The predicted octanol–water partition coefficient (Wildman–Crippen LogP) is 3.41. The molecule has 1 aliphatic rings. The highest BCUT2D eigenvalue weighted by molar-refractivity contribution is 5.98. The zero-order valence-electron chi connectivity index (χ0n) is 16.3. The van der Waals surface area contributed by atoms with Crippen molar-refractivity contribution in [2.45, 2.75) is 6.42 Å². The largest absolute Gasteiger partial charge is 0.493 e. The van der Waals surface area contributed by atoms with Crippen LogP contribution in [-0.2, 0) is 20.7 Å². The van der Waals surface area contributed by atoms with Crippen LogP contribution in [0.2, 0.25) is 0 Å². The van der Waals surface area contributed by atoms with Gasteiger partial charge in [-0.3, -0.25) is 4.79 Å². The van der Waals surface area contributed by atoms with Crippen molar-refractivity contribution in [1.29, 1.82) is 0 Å². The number of carbonyl (C=O) groups excluding carboxylic acids is 2. The molecule has 1 aliphatic heterocycles. The number of amides is 1. The summed E-state index contributed by atoms with van der Waals surface area (Å²) in [4.78, 5) is 26.0. The molecule has 0 aliphatic carbocycles. The maximum absolute atomic E-state index is 12.4. The highest BCUT2D eigenvalue weighted by atomic mass is 16.5. The van der Waals surface area contributed by atoms with Gasteiger partial charge in [-0.1, -0.05) is 36.9 Å². The number of benzene rings is 2. The van der Waals surface area contributed by atoms with Crippen molar-refractivity contribution in [1.82, 2.24) is 0 Å². The van der Waals surface area contributed by atoms with Gasteiger partial charge in [-0.25, -0.2) is 4.79 Å². The minimum atomic E-state index is -0.586. The van der Waals surface area contributed by atoms with E-state index >= 15 is 0 Å². The normalized spacial score (nSPS) is 12.5. The second kappa shape index (κ2) is 9.59. The molecule has 0 fully saturated rings. The zero-order chi connectivity index (χ0) is 20.6. The molecule has 0 bridgehead atoms. The molecule has 150 valence electrons. The van der Waals surface area contributed by atoms with Gasteiger partial charge in [0.05, 0.1) is 7.11 Å². The van der Waals surface area contributed by atoms with Crippen molar-refractivity contribution < 1.29 is 23.8 Å². The van der Waals surface area contributed by atoms with Crippen LogP contribution < -0.4 is 14.4 Å². The molecule has 0 aromatic heterocycles. The van der Waals surface area contributed by atoms with E-state index in [1.165, 1.54) is 6.08 Å². The molecule has 1 amide bonds. The Labute approximate surface area is 170 Å². The summed E-state index contributed by atoms with van der Waals surface area (Å²) in [7, 11) is 1.54. The molecule has 29 heavy (non-hydrogen) atoms. The van der Waals surface area contributed by atoms with Crippen LogP contribution in [0.15, 0.2) is 61.2 Å². The van der Waals surface area contributed by atoms with Crippen molar-refractivity contribution in [3.63, 3.8) is 0 Å². The lowest BCUT2D eigenvalue weighted by molar-refractivity contribution is -0.142. The van der Waals surface area contributed by atoms with E-state index in [2.05, 4.69) is 6.58 Å². The van der Waals surface area contributed by atoms with Crippen LogP contribution in [0.1, 0.15) is 11.1 Å². The SMILES string of the molecule is C=CCOc1ccc(/C=C/C(=O)OCC(=O)N2CCc3ccccc32)cc1OC. The van der Waals surface area contributed by atoms with Crippen LogP contribution in [0.3, 0.4) is 0 Å². The molecule has 0 radical (unpaired) electrons. The number of nitrogens with zero attached hydrogens (tertiary/aromatic N) is 1. The summed E-state index contributed by atoms with van der Waals surface area (Å²) in [5, 5.41) is 0. The first-order valence-electron chi connectivity index (χ1n) is 9.27. The molecular weight excluding hydrogens is 370 g/mol. The fraction of sp³-hybridized carbons (Fsp3) is 0.217. The van der Waals surface area contributed by atoms with Gasteiger partial charge in [0.1, 0.15) is 6.61 Å². The molecule has 3 rings (SSSR count). The number of methoxy groups -OCH3 is 1. The van der Waals surface area contributed by atoms with Crippen LogP contribution >= 0.6 is 0 Å². The lowest BCUT2D eigenvalue weighted by atomic mass is 10.2. The van der Waals surface area contributed by atoms with E-state index < -0.39 is 5.97 Å². The molecule has 0 spiro atoms. The van der Waals surface area contributed by atoms with Crippen molar-refractivity contribution in [3.8, 4) is 11.5 Å². The van der Waals surface area contributed by atoms with E-state index in [-0.39, 0.29) is 12.5 Å². The Hall–Kier alpha value is -3.54. The Morgan fingerprint density at radius 3 is 2.79 bits per heavy atom. The topological polar surface area (TPSA) is 65.1 Å². The molecule has 6 nitrogen and oxygen atoms in total. The number of hydrogen-bond acceptors (Lipinski definition) is 5. The summed E-state index contributed by atoms with van der Waals surface area (Å²) in [5.74, 6) is 0.313. The molecule has 2 aromatic rings. The van der Waals surface area contributed by atoms with Gasteiger partial charge in [-0.05, 0) is 41.8 Å². The minimum Gasteiger partial charge on any atom is -0.493 e. The van der Waals surface area contributed by atoms with Gasteiger partial charge in [-0.2, -0.15) is 0 Å². The smallest absolute Gasteiger partial charge is 0.331 e. The third-order valence-electron chi connectivity index (χ3n) is 4.48. The molecule has 0 saturated heterocycles. The van der Waals surface area contributed by atoms with Gasteiger partial charge in [0, 0.05) is 18.3 Å². The first kappa shape index (κ1) is 20.2. The van der Waals surface area contributed by atoms with E-state index in [4.69, 9.17) is 14.2 Å². The monoisotopic (exact) mass is 393 g/mol. The van der Waals surface area contributed by atoms with Crippen LogP contribution in [0.4, 0.5) is 5.69 Å². The third kappa shape index (κ3) is 5.04. The zero-order valence-corrected chi connectivity index (χ0v) is 16.3. The molecule has 0 unspecified atom stereocenters. The van der Waals surface area contributed by atoms with E-state index in [1.54, 1.807) is 42.4 Å². The van der Waals surface area contributed by atoms with Gasteiger partial charge in [-0.15, -0.1) is 0 Å². The van der Waals surface area contributed by atoms with Gasteiger partial charge in [0.15, 0.2) is 18.1 Å². The second-order valence-corrected chi connectivity index (χ2v) is 6.38. The first-order valence-corrected chi connectivity index (χ1v) is 9.27. The highest BCUT2D eigenvalue weighted by Gasteiger charge is 2.24. The number of carbonyl (C=O) groups is 2. The van der Waals surface area contributed by atoms with Crippen LogP contribution in [0.5, 0.6) is 11.5 Å². The summed E-state index contributed by atoms with van der Waals surface area (Å²) in [6.45, 7) is 4.28. The van der Waals surface area contributed by atoms with Crippen molar-refractivity contribution in [2.75, 3.05) is 31.8 Å². The Balaban J connectivity index is 1.55. The van der Waals surface area contributed by atoms with E-state index in [0.29, 0.717) is 24.7 Å². The molecular formula is C23H23NO5. The maximum atomic E-state index is 12.4. The first-order chi connectivity index (χ1) is 14.1. The van der Waals surface area contributed by atoms with Gasteiger partial charge < -0.3 is 19.1 Å². The summed E-state index contributed by atoms with van der Waals surface area (Å²) in [5.41, 5.74) is 2.75. The van der Waals surface area contributed by atoms with Crippen molar-refractivity contribution in [2.24, 2.45) is 0 Å². The molecule has 0 N–H and O–H groups in total. The Morgan fingerprint density at radius 2 is 2.00 bits per heavy atom. The van der Waals surface area contributed by atoms with Crippen molar-refractivity contribution in [3.05, 3.63) is 72.3 Å². The molecule has 0 atom stereocenters. The van der Waals surface area contributed by atoms with E-state index in [0.717, 1.165) is 23.2 Å². The quantitative estimate of drug-likeness (QED) is 0.391. The molecule has 1 heterocycles. The minimum absolute atomic E-state index is 0.234. The standard InChI is InChI=1S/C23H23NO5/c1-3-14-28-20-10-8-17(15-21(20)27-2)9-11-23(26)29-16-22(25)24-13-12-18-6-4-5-7-19(18)24/h3-11,15H,1,12-14,16H2,2H3/b11-9+. The third-order valence-corrected chi connectivity index (χ3v) is 4.48. The van der Waals surface area contributed by atoms with Gasteiger partial charge in [0.25, 0.3) is 5.91 Å². The summed E-state index contributed by atoms with van der Waals surface area (Å²) in [6.07, 6.45) is 5.33. The van der Waals surface area contributed by atoms with Gasteiger partial charge in [0.2, 0.25) is 0 Å². The Morgan fingerprint density at radius 1 is 1.17 bits per heavy atom. The van der Waals surface area contributed by atoms with E-state index in [9.17, 15) is 9.59 Å². The molecule has 6 heteroatoms. The fourth-order valence-corrected chi connectivity index (χ4v) is 3.08. The van der Waals surface area contributed by atoms with Crippen LogP contribution in [-0.4, -0.2) is 38.7 Å².